The van der Waals surface area contributed by atoms with Gasteiger partial charge < -0.3 is 5.32 Å². The number of pyridine rings is 1. The minimum Gasteiger partial charge on any atom is -0.335 e. The summed E-state index contributed by atoms with van der Waals surface area (Å²) in [5, 5.41) is 14.8. The number of aryl methyl sites for hydroxylation is 1. The van der Waals surface area contributed by atoms with Crippen molar-refractivity contribution >= 4 is 29.5 Å². The molecular weight excluding hydrogens is 352 g/mol. The predicted molar refractivity (Wildman–Crippen MR) is 98.0 cm³/mol. The summed E-state index contributed by atoms with van der Waals surface area (Å²) in [6.07, 6.45) is 4.24. The number of urea groups is 1. The maximum Gasteiger partial charge on any atom is 0.321 e. The highest BCUT2D eigenvalue weighted by atomic mass is 32.2. The van der Waals surface area contributed by atoms with E-state index in [0.29, 0.717) is 27.6 Å². The van der Waals surface area contributed by atoms with Gasteiger partial charge in [0.15, 0.2) is 5.78 Å². The van der Waals surface area contributed by atoms with Crippen molar-refractivity contribution in [3.63, 3.8) is 0 Å². The van der Waals surface area contributed by atoms with Gasteiger partial charge in [-0.25, -0.2) is 9.78 Å². The van der Waals surface area contributed by atoms with Gasteiger partial charge in [0.05, 0.1) is 5.56 Å². The van der Waals surface area contributed by atoms with Crippen LogP contribution in [0.1, 0.15) is 60.6 Å². The molecule has 0 unspecified atom stereocenters. The number of hydrogen-bond donors (Lipinski definition) is 2. The first-order valence-corrected chi connectivity index (χ1v) is 9.55. The summed E-state index contributed by atoms with van der Waals surface area (Å²) in [6.45, 7) is 3.14. The monoisotopic (exact) mass is 374 g/mol. The third kappa shape index (κ3) is 5.56. The van der Waals surface area contributed by atoms with Gasteiger partial charge in [0.25, 0.3) is 0 Å². The molecule has 0 spiro atoms. The molecule has 0 radical (unpaired) electrons. The van der Waals surface area contributed by atoms with Crippen LogP contribution in [0.15, 0.2) is 11.1 Å². The Morgan fingerprint density at radius 1 is 1.35 bits per heavy atom. The van der Waals surface area contributed by atoms with Crippen LogP contribution in [-0.2, 0) is 4.79 Å². The molecule has 1 saturated carbocycles. The summed E-state index contributed by atoms with van der Waals surface area (Å²) in [7, 11) is 0. The van der Waals surface area contributed by atoms with Crippen LogP contribution in [0.4, 0.5) is 4.79 Å². The number of ketones is 1. The van der Waals surface area contributed by atoms with Crippen LogP contribution < -0.4 is 10.6 Å². The number of amides is 3. The van der Waals surface area contributed by atoms with E-state index in [9.17, 15) is 19.6 Å². The summed E-state index contributed by atoms with van der Waals surface area (Å²) >= 11 is 1.26. The minimum atomic E-state index is -0.454. The van der Waals surface area contributed by atoms with Crippen molar-refractivity contribution < 1.29 is 14.4 Å². The van der Waals surface area contributed by atoms with Gasteiger partial charge in [-0.1, -0.05) is 12.8 Å². The molecule has 1 aliphatic carbocycles. The summed E-state index contributed by atoms with van der Waals surface area (Å²) in [4.78, 5) is 39.4. The lowest BCUT2D eigenvalue weighted by Gasteiger charge is -2.12. The number of nitrogens with one attached hydrogen (secondary N) is 2. The van der Waals surface area contributed by atoms with Gasteiger partial charge in [0.1, 0.15) is 11.1 Å². The molecule has 1 aliphatic rings. The average Bonchev–Trinajstić information content (AvgIpc) is 3.07. The zero-order valence-corrected chi connectivity index (χ0v) is 15.7. The minimum absolute atomic E-state index is 0.128. The first-order chi connectivity index (χ1) is 12.4. The van der Waals surface area contributed by atoms with Crippen LogP contribution in [0, 0.1) is 18.3 Å². The zero-order chi connectivity index (χ0) is 19.1. The Morgan fingerprint density at radius 2 is 2.04 bits per heavy atom. The molecule has 3 amide bonds. The van der Waals surface area contributed by atoms with Crippen molar-refractivity contribution in [2.24, 2.45) is 0 Å². The highest BCUT2D eigenvalue weighted by Crippen LogP contribution is 2.23. The molecule has 138 valence electrons. The molecule has 8 heteroatoms. The number of nitriles is 1. The average molecular weight is 374 g/mol. The predicted octanol–water partition coefficient (Wildman–Crippen LogP) is 2.71. The molecule has 1 fully saturated rings. The van der Waals surface area contributed by atoms with Crippen molar-refractivity contribution in [3.8, 4) is 6.07 Å². The normalized spacial score (nSPS) is 13.9. The summed E-state index contributed by atoms with van der Waals surface area (Å²) in [5.41, 5.74) is 1.29. The Balaban J connectivity index is 1.84. The van der Waals surface area contributed by atoms with Crippen LogP contribution in [0.5, 0.6) is 0 Å². The highest BCUT2D eigenvalue weighted by Gasteiger charge is 2.18. The number of carbonyl (C=O) groups is 3. The Hall–Kier alpha value is -2.40. The number of nitrogens with zero attached hydrogens (tertiary/aromatic N) is 2. The van der Waals surface area contributed by atoms with Crippen molar-refractivity contribution in [2.45, 2.75) is 57.0 Å². The van der Waals surface area contributed by atoms with Crippen molar-refractivity contribution in [1.82, 2.24) is 15.6 Å². The van der Waals surface area contributed by atoms with Crippen molar-refractivity contribution in [3.05, 3.63) is 22.9 Å². The standard InChI is InChI=1S/C18H22N4O3S/c1-11-15(12(2)23)9-13(10-19)17(20-11)26-8-7-16(24)22-18(25)21-14-5-3-4-6-14/h9,14H,3-8H2,1-2H3,(H2,21,22,24,25). The smallest absolute Gasteiger partial charge is 0.321 e. The lowest BCUT2D eigenvalue weighted by molar-refractivity contribution is -0.119. The maximum absolute atomic E-state index is 11.9. The molecule has 2 N–H and O–H groups in total. The zero-order valence-electron chi connectivity index (χ0n) is 14.9. The second-order valence-electron chi connectivity index (χ2n) is 6.24. The highest BCUT2D eigenvalue weighted by molar-refractivity contribution is 7.99. The van der Waals surface area contributed by atoms with E-state index in [0.717, 1.165) is 25.7 Å². The largest absolute Gasteiger partial charge is 0.335 e. The number of hydrogen-bond acceptors (Lipinski definition) is 6. The Kier molecular flexibility index (Phi) is 7.16. The second-order valence-corrected chi connectivity index (χ2v) is 7.33. The van der Waals surface area contributed by atoms with E-state index in [4.69, 9.17) is 0 Å². The Bertz CT molecular complexity index is 752. The summed E-state index contributed by atoms with van der Waals surface area (Å²) < 4.78 is 0. The van der Waals surface area contributed by atoms with Gasteiger partial charge in [-0.3, -0.25) is 14.9 Å². The molecule has 0 bridgehead atoms. The molecule has 0 atom stereocenters. The molecule has 26 heavy (non-hydrogen) atoms. The number of carbonyl (C=O) groups excluding carboxylic acids is 3. The molecular formula is C18H22N4O3S. The first kappa shape index (κ1) is 19.9. The van der Waals surface area contributed by atoms with E-state index in [1.54, 1.807) is 6.92 Å². The quantitative estimate of drug-likeness (QED) is 0.585. The fourth-order valence-corrected chi connectivity index (χ4v) is 3.79. The molecule has 7 nitrogen and oxygen atoms in total. The van der Waals surface area contributed by atoms with Gasteiger partial charge in [0.2, 0.25) is 5.91 Å². The Morgan fingerprint density at radius 3 is 2.65 bits per heavy atom. The molecule has 0 aliphatic heterocycles. The molecule has 1 aromatic heterocycles. The van der Waals surface area contributed by atoms with E-state index in [2.05, 4.69) is 15.6 Å². The molecule has 0 saturated heterocycles. The van der Waals surface area contributed by atoms with Gasteiger partial charge in [-0.15, -0.1) is 11.8 Å². The van der Waals surface area contributed by atoms with Crippen LogP contribution in [0.3, 0.4) is 0 Å². The first-order valence-electron chi connectivity index (χ1n) is 8.56. The number of Topliss-reactive ketones (excluding diaryl/α,β-unsaturated/α-hetero) is 1. The third-order valence-electron chi connectivity index (χ3n) is 4.19. The van der Waals surface area contributed by atoms with Crippen LogP contribution in [0.25, 0.3) is 0 Å². The SMILES string of the molecule is CC(=O)c1cc(C#N)c(SCCC(=O)NC(=O)NC2CCCC2)nc1C. The summed E-state index contributed by atoms with van der Waals surface area (Å²) in [5.74, 6) is -0.136. The van der Waals surface area contributed by atoms with Gasteiger partial charge in [0, 0.05) is 29.5 Å². The van der Waals surface area contributed by atoms with E-state index in [-0.39, 0.29) is 24.2 Å². The third-order valence-corrected chi connectivity index (χ3v) is 5.18. The maximum atomic E-state index is 11.9. The number of imide groups is 1. The number of rotatable bonds is 6. The van der Waals surface area contributed by atoms with E-state index >= 15 is 0 Å². The van der Waals surface area contributed by atoms with Crippen molar-refractivity contribution in [2.75, 3.05) is 5.75 Å². The van der Waals surface area contributed by atoms with E-state index in [1.807, 2.05) is 6.07 Å². The topological polar surface area (TPSA) is 112 Å². The molecule has 1 heterocycles. The molecule has 2 rings (SSSR count). The molecule has 0 aromatic carbocycles. The lowest BCUT2D eigenvalue weighted by atomic mass is 10.1. The van der Waals surface area contributed by atoms with Gasteiger partial charge in [-0.2, -0.15) is 5.26 Å². The van der Waals surface area contributed by atoms with Crippen molar-refractivity contribution in [1.29, 1.82) is 5.26 Å². The second kappa shape index (κ2) is 9.34. The van der Waals surface area contributed by atoms with Gasteiger partial charge in [-0.05, 0) is 32.8 Å². The number of thioether (sulfide) groups is 1. The molecule has 1 aromatic rings. The van der Waals surface area contributed by atoms with Gasteiger partial charge >= 0.3 is 6.03 Å². The number of aromatic nitrogens is 1. The fourth-order valence-electron chi connectivity index (χ4n) is 2.85. The van der Waals surface area contributed by atoms with E-state index < -0.39 is 6.03 Å². The fraction of sp³-hybridized carbons (Fsp3) is 0.500. The van der Waals surface area contributed by atoms with Crippen LogP contribution >= 0.6 is 11.8 Å². The van der Waals surface area contributed by atoms with Crippen LogP contribution in [0.2, 0.25) is 0 Å². The van der Waals surface area contributed by atoms with E-state index in [1.165, 1.54) is 24.8 Å². The summed E-state index contributed by atoms with van der Waals surface area (Å²) in [6, 6.07) is 3.26. The van der Waals surface area contributed by atoms with Crippen LogP contribution in [-0.4, -0.2) is 34.5 Å². The lowest BCUT2D eigenvalue weighted by Crippen LogP contribution is -2.43. The Labute approximate surface area is 156 Å².